The zero-order valence-corrected chi connectivity index (χ0v) is 15.4. The molecule has 0 aliphatic heterocycles. The third kappa shape index (κ3) is 4.00. The van der Waals surface area contributed by atoms with Crippen LogP contribution in [0.25, 0.3) is 0 Å². The third-order valence-electron chi connectivity index (χ3n) is 6.34. The molecule has 0 radical (unpaired) electrons. The summed E-state index contributed by atoms with van der Waals surface area (Å²) in [5.41, 5.74) is 1.41. The lowest BCUT2D eigenvalue weighted by Gasteiger charge is -2.52. The average Bonchev–Trinajstić information content (AvgIpc) is 2.53. The second-order valence-corrected chi connectivity index (χ2v) is 7.79. The van der Waals surface area contributed by atoms with Crippen LogP contribution in [-0.4, -0.2) is 22.3 Å². The second-order valence-electron chi connectivity index (χ2n) is 7.79. The van der Waals surface area contributed by atoms with Gasteiger partial charge in [0.1, 0.15) is 0 Å². The van der Waals surface area contributed by atoms with E-state index in [1.165, 1.54) is 11.6 Å². The van der Waals surface area contributed by atoms with E-state index in [0.717, 1.165) is 19.3 Å². The maximum absolute atomic E-state index is 10.7. The van der Waals surface area contributed by atoms with Gasteiger partial charge in [-0.15, -0.1) is 0 Å². The third-order valence-corrected chi connectivity index (χ3v) is 6.34. The van der Waals surface area contributed by atoms with Crippen LogP contribution in [0, 0.1) is 35.5 Å². The summed E-state index contributed by atoms with van der Waals surface area (Å²) >= 11 is 0. The van der Waals surface area contributed by atoms with Crippen LogP contribution in [0.3, 0.4) is 0 Å². The standard InChI is InChI=1S/C21H32O3/c1-5-13(2)20-15(4)12-17-18(22)11-10-14(3)21(17)16(20)8-6-7-9-19(23)24/h5-9,14-18,20-22H,10-12H2,1-4H3,(H,23,24)/t14-,15-,16+,17-,18-,20?,21-/m0/s1. The number of carboxylic acids is 1. The van der Waals surface area contributed by atoms with Crippen LogP contribution in [0.2, 0.25) is 0 Å². The molecule has 2 fully saturated rings. The van der Waals surface area contributed by atoms with Gasteiger partial charge in [-0.2, -0.15) is 0 Å². The molecule has 0 saturated heterocycles. The number of aliphatic hydroxyl groups is 1. The Labute approximate surface area is 146 Å². The predicted octanol–water partition coefficient (Wildman–Crippen LogP) is 4.45. The molecular formula is C21H32O3. The van der Waals surface area contributed by atoms with Crippen molar-refractivity contribution >= 4 is 5.97 Å². The summed E-state index contributed by atoms with van der Waals surface area (Å²) in [5.74, 6) is 1.87. The van der Waals surface area contributed by atoms with E-state index in [9.17, 15) is 9.90 Å². The first-order valence-electron chi connectivity index (χ1n) is 9.25. The van der Waals surface area contributed by atoms with Gasteiger partial charge in [-0.3, -0.25) is 0 Å². The fraction of sp³-hybridized carbons (Fsp3) is 0.667. The zero-order chi connectivity index (χ0) is 17.9. The van der Waals surface area contributed by atoms with Gasteiger partial charge in [0.15, 0.2) is 0 Å². The van der Waals surface area contributed by atoms with E-state index in [2.05, 4.69) is 39.8 Å². The summed E-state index contributed by atoms with van der Waals surface area (Å²) in [6.07, 6.45) is 12.0. The SMILES string of the molecule is CC=C(C)C1[C@@H](C=CC=CC(=O)O)[C@H]2[C@@H](C[C@@H]1C)[C@@H](O)CC[C@@H]2C. The Kier molecular flexibility index (Phi) is 6.45. The van der Waals surface area contributed by atoms with E-state index in [4.69, 9.17) is 5.11 Å². The van der Waals surface area contributed by atoms with Crippen molar-refractivity contribution in [2.75, 3.05) is 0 Å². The maximum Gasteiger partial charge on any atom is 0.328 e. The largest absolute Gasteiger partial charge is 0.478 e. The Morgan fingerprint density at radius 3 is 2.46 bits per heavy atom. The van der Waals surface area contributed by atoms with Gasteiger partial charge in [0.05, 0.1) is 6.10 Å². The lowest BCUT2D eigenvalue weighted by atomic mass is 9.53. The van der Waals surface area contributed by atoms with Gasteiger partial charge in [0.2, 0.25) is 0 Å². The molecule has 0 heterocycles. The molecule has 0 spiro atoms. The van der Waals surface area contributed by atoms with E-state index >= 15 is 0 Å². The van der Waals surface area contributed by atoms with Gasteiger partial charge < -0.3 is 10.2 Å². The van der Waals surface area contributed by atoms with E-state index in [-0.39, 0.29) is 6.10 Å². The lowest BCUT2D eigenvalue weighted by molar-refractivity contribution is -0.131. The van der Waals surface area contributed by atoms with Crippen molar-refractivity contribution in [2.45, 2.75) is 53.1 Å². The smallest absolute Gasteiger partial charge is 0.328 e. The normalized spacial score (nSPS) is 40.9. The molecule has 0 amide bonds. The molecule has 7 atom stereocenters. The fourth-order valence-corrected chi connectivity index (χ4v) is 5.22. The highest BCUT2D eigenvalue weighted by Crippen LogP contribution is 2.53. The van der Waals surface area contributed by atoms with Crippen LogP contribution in [0.4, 0.5) is 0 Å². The molecular weight excluding hydrogens is 300 g/mol. The molecule has 0 bridgehead atoms. The predicted molar refractivity (Wildman–Crippen MR) is 97.5 cm³/mol. The van der Waals surface area contributed by atoms with Crippen LogP contribution in [0.15, 0.2) is 36.0 Å². The van der Waals surface area contributed by atoms with Crippen molar-refractivity contribution < 1.29 is 15.0 Å². The summed E-state index contributed by atoms with van der Waals surface area (Å²) in [5, 5.41) is 19.3. The van der Waals surface area contributed by atoms with Crippen LogP contribution >= 0.6 is 0 Å². The first-order chi connectivity index (χ1) is 11.4. The molecule has 24 heavy (non-hydrogen) atoms. The molecule has 2 saturated carbocycles. The Bertz CT molecular complexity index is 531. The molecule has 3 nitrogen and oxygen atoms in total. The van der Waals surface area contributed by atoms with E-state index < -0.39 is 5.97 Å². The summed E-state index contributed by atoms with van der Waals surface area (Å²) in [6, 6.07) is 0. The van der Waals surface area contributed by atoms with Gasteiger partial charge >= 0.3 is 5.97 Å². The number of rotatable bonds is 4. The number of aliphatic hydroxyl groups excluding tert-OH is 1. The minimum absolute atomic E-state index is 0.189. The van der Waals surface area contributed by atoms with E-state index in [1.54, 1.807) is 6.08 Å². The molecule has 0 aromatic rings. The maximum atomic E-state index is 10.7. The lowest BCUT2D eigenvalue weighted by Crippen LogP contribution is -2.48. The number of carboxylic acid groups (broad SMARTS) is 1. The zero-order valence-electron chi connectivity index (χ0n) is 15.4. The molecule has 134 valence electrons. The summed E-state index contributed by atoms with van der Waals surface area (Å²) < 4.78 is 0. The van der Waals surface area contributed by atoms with Crippen molar-refractivity contribution in [2.24, 2.45) is 35.5 Å². The molecule has 3 heteroatoms. The van der Waals surface area contributed by atoms with Crippen molar-refractivity contribution in [1.82, 2.24) is 0 Å². The van der Waals surface area contributed by atoms with Crippen LogP contribution in [0.5, 0.6) is 0 Å². The van der Waals surface area contributed by atoms with Crippen LogP contribution < -0.4 is 0 Å². The monoisotopic (exact) mass is 332 g/mol. The summed E-state index contributed by atoms with van der Waals surface area (Å²) in [6.45, 7) is 8.92. The summed E-state index contributed by atoms with van der Waals surface area (Å²) in [4.78, 5) is 10.7. The number of aliphatic carboxylic acids is 1. The average molecular weight is 332 g/mol. The van der Waals surface area contributed by atoms with Gasteiger partial charge in [-0.25, -0.2) is 4.79 Å². The first kappa shape index (κ1) is 19.0. The van der Waals surface area contributed by atoms with Crippen molar-refractivity contribution in [3.05, 3.63) is 36.0 Å². The van der Waals surface area contributed by atoms with Crippen molar-refractivity contribution in [3.8, 4) is 0 Å². The molecule has 2 rings (SSSR count). The topological polar surface area (TPSA) is 57.5 Å². The molecule has 2 N–H and O–H groups in total. The van der Waals surface area contributed by atoms with Gasteiger partial charge in [-0.1, -0.05) is 43.7 Å². The molecule has 0 aromatic carbocycles. The molecule has 2 aliphatic carbocycles. The second kappa shape index (κ2) is 8.15. The Morgan fingerprint density at radius 1 is 1.12 bits per heavy atom. The highest BCUT2D eigenvalue weighted by Gasteiger charge is 2.48. The number of hydrogen-bond acceptors (Lipinski definition) is 2. The number of carbonyl (C=O) groups is 1. The Morgan fingerprint density at radius 2 is 1.83 bits per heavy atom. The Balaban J connectivity index is 2.36. The Hall–Kier alpha value is -1.35. The highest BCUT2D eigenvalue weighted by molar-refractivity contribution is 5.80. The van der Waals surface area contributed by atoms with Crippen LogP contribution in [0.1, 0.15) is 47.0 Å². The minimum atomic E-state index is -0.919. The molecule has 0 aromatic heterocycles. The number of allylic oxidation sites excluding steroid dienone is 5. The first-order valence-corrected chi connectivity index (χ1v) is 9.25. The van der Waals surface area contributed by atoms with E-state index in [1.807, 2.05) is 6.08 Å². The van der Waals surface area contributed by atoms with Crippen molar-refractivity contribution in [3.63, 3.8) is 0 Å². The van der Waals surface area contributed by atoms with Gasteiger partial charge in [0, 0.05) is 6.08 Å². The van der Waals surface area contributed by atoms with Gasteiger partial charge in [0.25, 0.3) is 0 Å². The number of hydrogen-bond donors (Lipinski definition) is 2. The van der Waals surface area contributed by atoms with E-state index in [0.29, 0.717) is 35.5 Å². The summed E-state index contributed by atoms with van der Waals surface area (Å²) in [7, 11) is 0. The highest BCUT2D eigenvalue weighted by atomic mass is 16.4. The van der Waals surface area contributed by atoms with Gasteiger partial charge in [-0.05, 0) is 68.6 Å². The van der Waals surface area contributed by atoms with Crippen LogP contribution in [-0.2, 0) is 4.79 Å². The quantitative estimate of drug-likeness (QED) is 0.454. The molecule has 1 unspecified atom stereocenters. The number of fused-ring (bicyclic) bond motifs is 1. The molecule has 2 aliphatic rings. The fourth-order valence-electron chi connectivity index (χ4n) is 5.22. The van der Waals surface area contributed by atoms with Crippen molar-refractivity contribution in [1.29, 1.82) is 0 Å². The minimum Gasteiger partial charge on any atom is -0.478 e.